The molecule has 0 saturated carbocycles. The van der Waals surface area contributed by atoms with Gasteiger partial charge in [0.15, 0.2) is 0 Å². The number of urea groups is 1. The second-order valence-electron chi connectivity index (χ2n) is 7.07. The summed E-state index contributed by atoms with van der Waals surface area (Å²) in [7, 11) is 0. The highest BCUT2D eigenvalue weighted by Gasteiger charge is 2.46. The molecule has 1 heterocycles. The first-order chi connectivity index (χ1) is 9.62. The summed E-state index contributed by atoms with van der Waals surface area (Å²) in [6.45, 7) is 8.31. The van der Waals surface area contributed by atoms with Gasteiger partial charge in [-0.2, -0.15) is 0 Å². The average Bonchev–Trinajstić information content (AvgIpc) is 2.27. The molecule has 0 atom stereocenters. The normalized spacial score (nSPS) is 21.1. The Balaban J connectivity index is 2.21. The number of halogens is 1. The zero-order chi connectivity index (χ0) is 15.8. The first-order valence-electron chi connectivity index (χ1n) is 7.24. The number of amides is 2. The molecular weight excluding hydrogens is 330 g/mol. The Morgan fingerprint density at radius 1 is 1.19 bits per heavy atom. The van der Waals surface area contributed by atoms with Crippen LogP contribution in [0.25, 0.3) is 0 Å². The van der Waals surface area contributed by atoms with Gasteiger partial charge in [-0.25, -0.2) is 4.79 Å². The lowest BCUT2D eigenvalue weighted by Gasteiger charge is -2.54. The van der Waals surface area contributed by atoms with Gasteiger partial charge in [0.05, 0.1) is 0 Å². The average molecular weight is 354 g/mol. The van der Waals surface area contributed by atoms with Gasteiger partial charge in [-0.1, -0.05) is 15.9 Å². The van der Waals surface area contributed by atoms with Crippen molar-refractivity contribution in [2.75, 3.05) is 5.32 Å². The number of carbonyl (C=O) groups excluding carboxylic acids is 1. The summed E-state index contributed by atoms with van der Waals surface area (Å²) in [5.41, 5.74) is 6.42. The van der Waals surface area contributed by atoms with E-state index in [9.17, 15) is 4.79 Å². The summed E-state index contributed by atoms with van der Waals surface area (Å²) in [6, 6.07) is 7.66. The molecule has 1 fully saturated rings. The van der Waals surface area contributed by atoms with E-state index in [0.717, 1.165) is 23.0 Å². The third-order valence-electron chi connectivity index (χ3n) is 4.03. The van der Waals surface area contributed by atoms with E-state index in [1.54, 1.807) is 0 Å². The molecule has 0 spiro atoms. The zero-order valence-electron chi connectivity index (χ0n) is 13.1. The molecule has 1 saturated heterocycles. The van der Waals surface area contributed by atoms with E-state index in [1.807, 2.05) is 29.2 Å². The second kappa shape index (κ2) is 5.61. The minimum absolute atomic E-state index is 0.0702. The number of nitrogens with two attached hydrogens (primary N) is 1. The van der Waals surface area contributed by atoms with Crippen molar-refractivity contribution < 1.29 is 4.79 Å². The van der Waals surface area contributed by atoms with Gasteiger partial charge in [0.25, 0.3) is 0 Å². The second-order valence-corrected chi connectivity index (χ2v) is 7.98. The van der Waals surface area contributed by atoms with Crippen LogP contribution in [0.4, 0.5) is 10.5 Å². The molecular formula is C16H24BrN3O. The van der Waals surface area contributed by atoms with Crippen LogP contribution in [0, 0.1) is 0 Å². The van der Waals surface area contributed by atoms with Crippen molar-refractivity contribution in [3.63, 3.8) is 0 Å². The van der Waals surface area contributed by atoms with Crippen LogP contribution in [0.1, 0.15) is 40.5 Å². The number of piperidine rings is 1. The molecule has 1 aromatic rings. The lowest BCUT2D eigenvalue weighted by atomic mass is 9.77. The number of hydrogen-bond acceptors (Lipinski definition) is 2. The quantitative estimate of drug-likeness (QED) is 0.802. The van der Waals surface area contributed by atoms with Crippen LogP contribution in [0.2, 0.25) is 0 Å². The third-order valence-corrected chi connectivity index (χ3v) is 4.56. The predicted molar refractivity (Wildman–Crippen MR) is 90.4 cm³/mol. The van der Waals surface area contributed by atoms with Crippen LogP contribution in [0.5, 0.6) is 0 Å². The summed E-state index contributed by atoms with van der Waals surface area (Å²) in [5, 5.41) is 2.99. The van der Waals surface area contributed by atoms with Gasteiger partial charge in [0.1, 0.15) is 0 Å². The Labute approximate surface area is 135 Å². The van der Waals surface area contributed by atoms with Crippen LogP contribution < -0.4 is 11.1 Å². The molecule has 0 unspecified atom stereocenters. The van der Waals surface area contributed by atoms with E-state index in [4.69, 9.17) is 5.73 Å². The Hall–Kier alpha value is -1.07. The Morgan fingerprint density at radius 2 is 1.67 bits per heavy atom. The number of rotatable bonds is 1. The van der Waals surface area contributed by atoms with Gasteiger partial charge in [-0.3, -0.25) is 0 Å². The number of nitrogens with one attached hydrogen (secondary N) is 1. The van der Waals surface area contributed by atoms with Crippen LogP contribution in [-0.4, -0.2) is 28.1 Å². The van der Waals surface area contributed by atoms with E-state index in [2.05, 4.69) is 48.9 Å². The largest absolute Gasteiger partial charge is 0.328 e. The Kier molecular flexibility index (Phi) is 4.36. The van der Waals surface area contributed by atoms with Gasteiger partial charge >= 0.3 is 6.03 Å². The van der Waals surface area contributed by atoms with Crippen LogP contribution in [0.15, 0.2) is 28.7 Å². The van der Waals surface area contributed by atoms with Gasteiger partial charge in [-0.05, 0) is 64.8 Å². The van der Waals surface area contributed by atoms with Crippen molar-refractivity contribution in [2.24, 2.45) is 5.73 Å². The van der Waals surface area contributed by atoms with Crippen molar-refractivity contribution in [3.05, 3.63) is 28.7 Å². The van der Waals surface area contributed by atoms with Crippen LogP contribution >= 0.6 is 15.9 Å². The van der Waals surface area contributed by atoms with Gasteiger partial charge in [-0.15, -0.1) is 0 Å². The Morgan fingerprint density at radius 3 is 2.14 bits per heavy atom. The minimum Gasteiger partial charge on any atom is -0.328 e. The topological polar surface area (TPSA) is 58.4 Å². The van der Waals surface area contributed by atoms with Crippen molar-refractivity contribution in [1.82, 2.24) is 4.90 Å². The first kappa shape index (κ1) is 16.3. The molecule has 2 amide bonds. The van der Waals surface area contributed by atoms with E-state index in [-0.39, 0.29) is 23.2 Å². The van der Waals surface area contributed by atoms with Crippen molar-refractivity contribution in [2.45, 2.75) is 57.7 Å². The first-order valence-corrected chi connectivity index (χ1v) is 8.04. The van der Waals surface area contributed by atoms with Crippen molar-refractivity contribution in [3.8, 4) is 0 Å². The lowest BCUT2D eigenvalue weighted by molar-refractivity contribution is 0.00877. The molecule has 5 heteroatoms. The number of hydrogen-bond donors (Lipinski definition) is 2. The summed E-state index contributed by atoms with van der Waals surface area (Å²) in [4.78, 5) is 14.7. The molecule has 0 bridgehead atoms. The number of likely N-dealkylation sites (tertiary alicyclic amines) is 1. The molecule has 2 rings (SSSR count). The minimum atomic E-state index is -0.263. The van der Waals surface area contributed by atoms with Crippen LogP contribution in [-0.2, 0) is 0 Å². The van der Waals surface area contributed by atoms with E-state index >= 15 is 0 Å². The van der Waals surface area contributed by atoms with Gasteiger partial charge < -0.3 is 16.0 Å². The smallest absolute Gasteiger partial charge is 0.322 e. The molecule has 0 radical (unpaired) electrons. The maximum atomic E-state index is 12.8. The highest BCUT2D eigenvalue weighted by atomic mass is 79.9. The summed E-state index contributed by atoms with van der Waals surface area (Å²) >= 11 is 3.39. The fraction of sp³-hybridized carbons (Fsp3) is 0.562. The lowest BCUT2D eigenvalue weighted by Crippen LogP contribution is -2.66. The molecule has 0 aliphatic carbocycles. The maximum Gasteiger partial charge on any atom is 0.322 e. The molecule has 1 aliphatic rings. The summed E-state index contributed by atoms with van der Waals surface area (Å²) in [5.74, 6) is 0. The zero-order valence-corrected chi connectivity index (χ0v) is 14.7. The number of nitrogens with zero attached hydrogens (tertiary/aromatic N) is 1. The van der Waals surface area contributed by atoms with Crippen LogP contribution in [0.3, 0.4) is 0 Å². The summed E-state index contributed by atoms with van der Waals surface area (Å²) < 4.78 is 0.991. The fourth-order valence-corrected chi connectivity index (χ4v) is 3.88. The van der Waals surface area contributed by atoms with Gasteiger partial charge in [0, 0.05) is 27.3 Å². The van der Waals surface area contributed by atoms with Crippen molar-refractivity contribution >= 4 is 27.6 Å². The van der Waals surface area contributed by atoms with E-state index in [1.165, 1.54) is 0 Å². The fourth-order valence-electron chi connectivity index (χ4n) is 3.62. The molecule has 3 N–H and O–H groups in total. The molecule has 4 nitrogen and oxygen atoms in total. The monoisotopic (exact) mass is 353 g/mol. The summed E-state index contributed by atoms with van der Waals surface area (Å²) in [6.07, 6.45) is 1.62. The van der Waals surface area contributed by atoms with Crippen molar-refractivity contribution in [1.29, 1.82) is 0 Å². The number of carbonyl (C=O) groups is 1. The molecule has 116 valence electrons. The standard InChI is InChI=1S/C16H24BrN3O/c1-15(2)9-12(18)10-16(3,4)20(15)14(21)19-13-7-5-11(17)6-8-13/h5-8,12H,9-10,18H2,1-4H3,(H,19,21). The number of benzene rings is 1. The van der Waals surface area contributed by atoms with Gasteiger partial charge in [0.2, 0.25) is 0 Å². The molecule has 1 aromatic carbocycles. The van der Waals surface area contributed by atoms with E-state index < -0.39 is 0 Å². The third kappa shape index (κ3) is 3.58. The number of anilines is 1. The maximum absolute atomic E-state index is 12.8. The SMILES string of the molecule is CC1(C)CC(N)CC(C)(C)N1C(=O)Nc1ccc(Br)cc1. The highest BCUT2D eigenvalue weighted by molar-refractivity contribution is 9.10. The van der Waals surface area contributed by atoms with E-state index in [0.29, 0.717) is 0 Å². The molecule has 1 aliphatic heterocycles. The molecule has 21 heavy (non-hydrogen) atoms. The highest BCUT2D eigenvalue weighted by Crippen LogP contribution is 2.38. The predicted octanol–water partition coefficient (Wildman–Crippen LogP) is 3.96. The Bertz CT molecular complexity index is 507. The molecule has 0 aromatic heterocycles.